The normalized spacial score (nSPS) is 10.1. The average molecular weight is 356 g/mol. The standard InChI is InChI=1S/C10H9IN6O/c11-5-1-3-6(4-2-5)14-9-7(17-18)8(12)15-10(13)16-9/h1-4H,(H5,12,13,14,15,16). The Hall–Kier alpha value is -1.97. The number of hydrogen-bond donors (Lipinski definition) is 3. The number of halogens is 1. The fraction of sp³-hybridized carbons (Fsp3) is 0. The summed E-state index contributed by atoms with van der Waals surface area (Å²) < 4.78 is 1.09. The van der Waals surface area contributed by atoms with Gasteiger partial charge in [-0.05, 0) is 52.0 Å². The van der Waals surface area contributed by atoms with Crippen molar-refractivity contribution in [2.45, 2.75) is 0 Å². The average Bonchev–Trinajstić information content (AvgIpc) is 2.32. The molecule has 0 aliphatic carbocycles. The number of nitroso groups, excluding NO2 is 1. The molecule has 0 spiro atoms. The van der Waals surface area contributed by atoms with Crippen LogP contribution in [0.3, 0.4) is 0 Å². The Morgan fingerprint density at radius 1 is 1.17 bits per heavy atom. The van der Waals surface area contributed by atoms with E-state index in [0.29, 0.717) is 0 Å². The summed E-state index contributed by atoms with van der Waals surface area (Å²) in [5.74, 6) is 0.120. The van der Waals surface area contributed by atoms with Gasteiger partial charge in [0, 0.05) is 9.26 Å². The molecule has 0 unspecified atom stereocenters. The third-order valence-electron chi connectivity index (χ3n) is 2.13. The minimum absolute atomic E-state index is 0.0205. The second-order valence-electron chi connectivity index (χ2n) is 3.39. The fourth-order valence-electron chi connectivity index (χ4n) is 1.34. The minimum Gasteiger partial charge on any atom is -0.382 e. The van der Waals surface area contributed by atoms with E-state index in [2.05, 4.69) is 43.1 Å². The first kappa shape index (κ1) is 12.5. The molecule has 0 atom stereocenters. The van der Waals surface area contributed by atoms with Gasteiger partial charge in [0.2, 0.25) is 5.95 Å². The summed E-state index contributed by atoms with van der Waals surface area (Å²) in [6.07, 6.45) is 0. The number of nitrogens with one attached hydrogen (secondary N) is 1. The van der Waals surface area contributed by atoms with E-state index in [1.54, 1.807) is 0 Å². The van der Waals surface area contributed by atoms with Crippen LogP contribution in [0.2, 0.25) is 0 Å². The molecule has 5 N–H and O–H groups in total. The Labute approximate surface area is 116 Å². The van der Waals surface area contributed by atoms with Crippen molar-refractivity contribution in [3.8, 4) is 0 Å². The number of anilines is 4. The van der Waals surface area contributed by atoms with Gasteiger partial charge in [0.25, 0.3) is 0 Å². The van der Waals surface area contributed by atoms with E-state index in [1.165, 1.54) is 0 Å². The van der Waals surface area contributed by atoms with Gasteiger partial charge in [0.05, 0.1) is 0 Å². The maximum absolute atomic E-state index is 10.7. The molecule has 0 amide bonds. The van der Waals surface area contributed by atoms with E-state index in [9.17, 15) is 4.91 Å². The first-order valence-electron chi connectivity index (χ1n) is 4.89. The molecule has 0 aliphatic rings. The number of nitrogens with two attached hydrogens (primary N) is 2. The maximum atomic E-state index is 10.7. The van der Waals surface area contributed by atoms with Crippen molar-refractivity contribution in [2.75, 3.05) is 16.8 Å². The molecule has 0 aliphatic heterocycles. The van der Waals surface area contributed by atoms with Crippen LogP contribution in [0.15, 0.2) is 29.4 Å². The van der Waals surface area contributed by atoms with Gasteiger partial charge in [-0.25, -0.2) is 0 Å². The Kier molecular flexibility index (Phi) is 3.55. The molecule has 0 radical (unpaired) electrons. The smallest absolute Gasteiger partial charge is 0.224 e. The zero-order valence-corrected chi connectivity index (χ0v) is 11.2. The van der Waals surface area contributed by atoms with E-state index >= 15 is 0 Å². The van der Waals surface area contributed by atoms with Gasteiger partial charge in [-0.1, -0.05) is 0 Å². The van der Waals surface area contributed by atoms with E-state index in [-0.39, 0.29) is 23.3 Å². The molecule has 1 aromatic carbocycles. The predicted octanol–water partition coefficient (Wildman–Crippen LogP) is 2.39. The lowest BCUT2D eigenvalue weighted by molar-refractivity contribution is 1.18. The van der Waals surface area contributed by atoms with Crippen LogP contribution < -0.4 is 16.8 Å². The molecule has 18 heavy (non-hydrogen) atoms. The summed E-state index contributed by atoms with van der Waals surface area (Å²) in [5.41, 5.74) is 11.7. The highest BCUT2D eigenvalue weighted by atomic mass is 127. The lowest BCUT2D eigenvalue weighted by Gasteiger charge is -2.08. The van der Waals surface area contributed by atoms with Crippen molar-refractivity contribution >= 4 is 51.5 Å². The lowest BCUT2D eigenvalue weighted by atomic mass is 10.3. The van der Waals surface area contributed by atoms with Crippen LogP contribution in [0.5, 0.6) is 0 Å². The largest absolute Gasteiger partial charge is 0.382 e. The summed E-state index contributed by atoms with van der Waals surface area (Å²) in [6.45, 7) is 0. The number of nitrogens with zero attached hydrogens (tertiary/aromatic N) is 3. The summed E-state index contributed by atoms with van der Waals surface area (Å²) in [5, 5.41) is 5.73. The zero-order valence-electron chi connectivity index (χ0n) is 9.09. The molecule has 0 fully saturated rings. The van der Waals surface area contributed by atoms with Crippen molar-refractivity contribution in [1.82, 2.24) is 9.97 Å². The van der Waals surface area contributed by atoms with Gasteiger partial charge in [-0.15, -0.1) is 4.91 Å². The highest BCUT2D eigenvalue weighted by Crippen LogP contribution is 2.31. The summed E-state index contributed by atoms with van der Waals surface area (Å²) in [6, 6.07) is 7.49. The number of rotatable bonds is 3. The Morgan fingerprint density at radius 2 is 1.83 bits per heavy atom. The number of hydrogen-bond acceptors (Lipinski definition) is 7. The highest BCUT2D eigenvalue weighted by molar-refractivity contribution is 14.1. The number of benzene rings is 1. The maximum Gasteiger partial charge on any atom is 0.224 e. The molecule has 92 valence electrons. The second kappa shape index (κ2) is 5.12. The Morgan fingerprint density at radius 3 is 2.44 bits per heavy atom. The van der Waals surface area contributed by atoms with Gasteiger partial charge in [0.1, 0.15) is 0 Å². The van der Waals surface area contributed by atoms with Crippen LogP contribution in [-0.2, 0) is 0 Å². The van der Waals surface area contributed by atoms with E-state index < -0.39 is 0 Å². The SMILES string of the molecule is Nc1nc(N)c(N=O)c(Nc2ccc(I)cc2)n1. The van der Waals surface area contributed by atoms with Crippen molar-refractivity contribution < 1.29 is 0 Å². The van der Waals surface area contributed by atoms with Crippen molar-refractivity contribution in [1.29, 1.82) is 0 Å². The molecule has 8 heteroatoms. The van der Waals surface area contributed by atoms with Crippen LogP contribution in [0.1, 0.15) is 0 Å². The molecule has 7 nitrogen and oxygen atoms in total. The van der Waals surface area contributed by atoms with E-state index in [4.69, 9.17) is 11.5 Å². The summed E-state index contributed by atoms with van der Waals surface area (Å²) >= 11 is 2.19. The molecule has 1 aromatic heterocycles. The zero-order chi connectivity index (χ0) is 13.1. The van der Waals surface area contributed by atoms with Crippen molar-refractivity contribution in [3.05, 3.63) is 32.7 Å². The van der Waals surface area contributed by atoms with Gasteiger partial charge < -0.3 is 16.8 Å². The third-order valence-corrected chi connectivity index (χ3v) is 2.85. The summed E-state index contributed by atoms with van der Waals surface area (Å²) in [7, 11) is 0. The monoisotopic (exact) mass is 356 g/mol. The molecular formula is C10H9IN6O. The number of nitrogen functional groups attached to an aromatic ring is 2. The quantitative estimate of drug-likeness (QED) is 0.574. The Bertz CT molecular complexity index is 586. The molecule has 0 bridgehead atoms. The second-order valence-corrected chi connectivity index (χ2v) is 4.63. The number of aromatic nitrogens is 2. The molecule has 0 saturated heterocycles. The lowest BCUT2D eigenvalue weighted by Crippen LogP contribution is -2.04. The predicted molar refractivity (Wildman–Crippen MR) is 78.8 cm³/mol. The molecular weight excluding hydrogens is 347 g/mol. The van der Waals surface area contributed by atoms with Crippen LogP contribution in [-0.4, -0.2) is 9.97 Å². The molecule has 2 aromatic rings. The van der Waals surface area contributed by atoms with Crippen LogP contribution in [0.4, 0.5) is 29.0 Å². The highest BCUT2D eigenvalue weighted by Gasteiger charge is 2.12. The molecule has 2 rings (SSSR count). The molecule has 1 heterocycles. The van der Waals surface area contributed by atoms with Gasteiger partial charge >= 0.3 is 0 Å². The fourth-order valence-corrected chi connectivity index (χ4v) is 1.70. The van der Waals surface area contributed by atoms with E-state index in [1.807, 2.05) is 24.3 Å². The summed E-state index contributed by atoms with van der Waals surface area (Å²) in [4.78, 5) is 18.3. The van der Waals surface area contributed by atoms with Gasteiger partial charge in [0.15, 0.2) is 17.3 Å². The minimum atomic E-state index is -0.0530. The third kappa shape index (κ3) is 2.64. The molecule has 0 saturated carbocycles. The van der Waals surface area contributed by atoms with Gasteiger partial charge in [-0.2, -0.15) is 9.97 Å². The Balaban J connectivity index is 2.39. The van der Waals surface area contributed by atoms with Crippen molar-refractivity contribution in [2.24, 2.45) is 5.18 Å². The van der Waals surface area contributed by atoms with Gasteiger partial charge in [-0.3, -0.25) is 0 Å². The first-order valence-corrected chi connectivity index (χ1v) is 5.97. The van der Waals surface area contributed by atoms with Crippen LogP contribution in [0, 0.1) is 8.48 Å². The van der Waals surface area contributed by atoms with Crippen LogP contribution >= 0.6 is 22.6 Å². The van der Waals surface area contributed by atoms with Crippen LogP contribution in [0.25, 0.3) is 0 Å². The topological polar surface area (TPSA) is 119 Å². The first-order chi connectivity index (χ1) is 8.60. The van der Waals surface area contributed by atoms with Crippen molar-refractivity contribution in [3.63, 3.8) is 0 Å². The van der Waals surface area contributed by atoms with E-state index in [0.717, 1.165) is 9.26 Å².